The molecule has 0 bridgehead atoms. The Balaban J connectivity index is 2.37. The van der Waals surface area contributed by atoms with Gasteiger partial charge < -0.3 is 15.3 Å². The number of hydrogen-bond acceptors (Lipinski definition) is 2. The van der Waals surface area contributed by atoms with E-state index in [9.17, 15) is 9.59 Å². The van der Waals surface area contributed by atoms with E-state index in [-0.39, 0.29) is 6.03 Å². The minimum atomic E-state index is -1.01. The Hall–Kier alpha value is -1.26. The molecule has 1 atom stereocenters. The number of urea groups is 1. The number of nitrogens with zero attached hydrogens (tertiary/aromatic N) is 1. The van der Waals surface area contributed by atoms with E-state index in [2.05, 4.69) is 5.32 Å². The lowest BCUT2D eigenvalue weighted by atomic mass is 10.3. The maximum atomic E-state index is 11.6. The van der Waals surface area contributed by atoms with Crippen LogP contribution in [-0.2, 0) is 4.79 Å². The van der Waals surface area contributed by atoms with Crippen LogP contribution in [0.2, 0.25) is 0 Å². The lowest BCUT2D eigenvalue weighted by Gasteiger charge is -2.22. The quantitative estimate of drug-likeness (QED) is 0.714. The molecule has 0 unspecified atom stereocenters. The molecule has 5 nitrogen and oxygen atoms in total. The lowest BCUT2D eigenvalue weighted by molar-refractivity contribution is -0.138. The summed E-state index contributed by atoms with van der Waals surface area (Å²) in [6, 6.07) is -1.11. The van der Waals surface area contributed by atoms with Crippen molar-refractivity contribution in [1.29, 1.82) is 0 Å². The summed E-state index contributed by atoms with van der Waals surface area (Å²) in [5.41, 5.74) is 0. The number of rotatable bonds is 5. The highest BCUT2D eigenvalue weighted by molar-refractivity contribution is 5.82. The molecule has 0 saturated heterocycles. The van der Waals surface area contributed by atoms with Crippen molar-refractivity contribution >= 4 is 12.0 Å². The highest BCUT2D eigenvalue weighted by Gasteiger charge is 2.27. The van der Waals surface area contributed by atoms with Crippen molar-refractivity contribution in [1.82, 2.24) is 10.2 Å². The zero-order chi connectivity index (χ0) is 11.4. The molecule has 1 rings (SSSR count). The van der Waals surface area contributed by atoms with Gasteiger partial charge in [0.1, 0.15) is 6.04 Å². The molecule has 0 radical (unpaired) electrons. The smallest absolute Gasteiger partial charge is 0.325 e. The normalized spacial score (nSPS) is 16.9. The van der Waals surface area contributed by atoms with Crippen molar-refractivity contribution in [3.63, 3.8) is 0 Å². The SMILES string of the molecule is CCN(CC1CC1)C(=O)N[C@H](C)C(=O)O. The second kappa shape index (κ2) is 5.00. The Labute approximate surface area is 89.4 Å². The van der Waals surface area contributed by atoms with Crippen molar-refractivity contribution < 1.29 is 14.7 Å². The summed E-state index contributed by atoms with van der Waals surface area (Å²) < 4.78 is 0. The van der Waals surface area contributed by atoms with Gasteiger partial charge in [-0.15, -0.1) is 0 Å². The molecule has 86 valence electrons. The van der Waals surface area contributed by atoms with Crippen molar-refractivity contribution in [3.05, 3.63) is 0 Å². The maximum absolute atomic E-state index is 11.6. The summed E-state index contributed by atoms with van der Waals surface area (Å²) in [4.78, 5) is 23.8. The fraction of sp³-hybridized carbons (Fsp3) is 0.800. The number of hydrogen-bond donors (Lipinski definition) is 2. The van der Waals surface area contributed by atoms with Crippen LogP contribution in [0.5, 0.6) is 0 Å². The van der Waals surface area contributed by atoms with Gasteiger partial charge in [0.05, 0.1) is 0 Å². The van der Waals surface area contributed by atoms with Crippen LogP contribution in [0.4, 0.5) is 4.79 Å². The van der Waals surface area contributed by atoms with Gasteiger partial charge in [-0.25, -0.2) is 4.79 Å². The second-order valence-electron chi connectivity index (χ2n) is 3.99. The Bertz CT molecular complexity index is 251. The number of aliphatic carboxylic acids is 1. The molecule has 1 aliphatic carbocycles. The van der Waals surface area contributed by atoms with E-state index >= 15 is 0 Å². The second-order valence-corrected chi connectivity index (χ2v) is 3.99. The summed E-state index contributed by atoms with van der Waals surface area (Å²) >= 11 is 0. The van der Waals surface area contributed by atoms with Crippen LogP contribution in [0.25, 0.3) is 0 Å². The van der Waals surface area contributed by atoms with Gasteiger partial charge >= 0.3 is 12.0 Å². The average molecular weight is 214 g/mol. The van der Waals surface area contributed by atoms with Gasteiger partial charge in [-0.2, -0.15) is 0 Å². The summed E-state index contributed by atoms with van der Waals surface area (Å²) in [5, 5.41) is 11.1. The summed E-state index contributed by atoms with van der Waals surface area (Å²) in [6.07, 6.45) is 2.36. The van der Waals surface area contributed by atoms with E-state index in [0.29, 0.717) is 12.5 Å². The van der Waals surface area contributed by atoms with Crippen LogP contribution < -0.4 is 5.32 Å². The van der Waals surface area contributed by atoms with Crippen LogP contribution in [0, 0.1) is 5.92 Å². The van der Waals surface area contributed by atoms with Crippen molar-refractivity contribution in [2.24, 2.45) is 5.92 Å². The first-order chi connectivity index (χ1) is 7.04. The number of carbonyl (C=O) groups excluding carboxylic acids is 1. The summed E-state index contributed by atoms with van der Waals surface area (Å²) in [7, 11) is 0. The molecule has 2 N–H and O–H groups in total. The third kappa shape index (κ3) is 3.77. The molecule has 2 amide bonds. The molecule has 0 aliphatic heterocycles. The van der Waals surface area contributed by atoms with Gasteiger partial charge in [0.25, 0.3) is 0 Å². The molecule has 0 heterocycles. The number of carboxylic acids is 1. The Morgan fingerprint density at radius 1 is 1.53 bits per heavy atom. The van der Waals surface area contributed by atoms with Gasteiger partial charge in [0.2, 0.25) is 0 Å². The van der Waals surface area contributed by atoms with Gasteiger partial charge in [-0.1, -0.05) is 0 Å². The Kier molecular flexibility index (Phi) is 3.94. The Morgan fingerprint density at radius 2 is 2.13 bits per heavy atom. The number of amides is 2. The molecule has 5 heteroatoms. The molecule has 1 fully saturated rings. The van der Waals surface area contributed by atoms with Crippen molar-refractivity contribution in [2.75, 3.05) is 13.1 Å². The van der Waals surface area contributed by atoms with Crippen LogP contribution >= 0.6 is 0 Å². The number of carbonyl (C=O) groups is 2. The van der Waals surface area contributed by atoms with E-state index in [1.807, 2.05) is 6.92 Å². The fourth-order valence-electron chi connectivity index (χ4n) is 1.31. The molecule has 0 aromatic heterocycles. The topological polar surface area (TPSA) is 69.6 Å². The zero-order valence-corrected chi connectivity index (χ0v) is 9.19. The molecule has 1 saturated carbocycles. The zero-order valence-electron chi connectivity index (χ0n) is 9.19. The Morgan fingerprint density at radius 3 is 2.53 bits per heavy atom. The molecule has 0 spiro atoms. The molecule has 0 aromatic carbocycles. The van der Waals surface area contributed by atoms with Crippen LogP contribution in [0.15, 0.2) is 0 Å². The van der Waals surface area contributed by atoms with Crippen LogP contribution in [0.1, 0.15) is 26.7 Å². The first kappa shape index (κ1) is 11.8. The number of nitrogens with one attached hydrogen (secondary N) is 1. The summed E-state index contributed by atoms with van der Waals surface area (Å²) in [6.45, 7) is 4.72. The highest BCUT2D eigenvalue weighted by Crippen LogP contribution is 2.29. The standard InChI is InChI=1S/C10H18N2O3/c1-3-12(6-8-4-5-8)10(15)11-7(2)9(13)14/h7-8H,3-6H2,1-2H3,(H,11,15)(H,13,14)/t7-/m1/s1. The van der Waals surface area contributed by atoms with E-state index in [4.69, 9.17) is 5.11 Å². The van der Waals surface area contributed by atoms with E-state index in [1.54, 1.807) is 4.90 Å². The minimum absolute atomic E-state index is 0.278. The monoisotopic (exact) mass is 214 g/mol. The first-order valence-corrected chi connectivity index (χ1v) is 5.32. The molecule has 0 aromatic rings. The van der Waals surface area contributed by atoms with Gasteiger partial charge in [-0.3, -0.25) is 4.79 Å². The molecule has 1 aliphatic rings. The fourth-order valence-corrected chi connectivity index (χ4v) is 1.31. The van der Waals surface area contributed by atoms with Crippen molar-refractivity contribution in [3.8, 4) is 0 Å². The van der Waals surface area contributed by atoms with Gasteiger partial charge in [0.15, 0.2) is 0 Å². The lowest BCUT2D eigenvalue weighted by Crippen LogP contribution is -2.47. The third-order valence-electron chi connectivity index (χ3n) is 2.55. The van der Waals surface area contributed by atoms with Gasteiger partial charge in [0, 0.05) is 13.1 Å². The number of carboxylic acid groups (broad SMARTS) is 1. The average Bonchev–Trinajstić information content (AvgIpc) is 2.97. The van der Waals surface area contributed by atoms with Gasteiger partial charge in [-0.05, 0) is 32.6 Å². The van der Waals surface area contributed by atoms with E-state index in [0.717, 1.165) is 6.54 Å². The van der Waals surface area contributed by atoms with E-state index < -0.39 is 12.0 Å². The van der Waals surface area contributed by atoms with Crippen molar-refractivity contribution in [2.45, 2.75) is 32.7 Å². The molecular formula is C10H18N2O3. The highest BCUT2D eigenvalue weighted by atomic mass is 16.4. The predicted octanol–water partition coefficient (Wildman–Crippen LogP) is 0.901. The largest absolute Gasteiger partial charge is 0.480 e. The minimum Gasteiger partial charge on any atom is -0.480 e. The molecular weight excluding hydrogens is 196 g/mol. The molecule has 15 heavy (non-hydrogen) atoms. The third-order valence-corrected chi connectivity index (χ3v) is 2.55. The van der Waals surface area contributed by atoms with Crippen LogP contribution in [0.3, 0.4) is 0 Å². The first-order valence-electron chi connectivity index (χ1n) is 5.32. The van der Waals surface area contributed by atoms with E-state index in [1.165, 1.54) is 19.8 Å². The van der Waals surface area contributed by atoms with Crippen LogP contribution in [-0.4, -0.2) is 41.1 Å². The maximum Gasteiger partial charge on any atom is 0.325 e. The summed E-state index contributed by atoms with van der Waals surface area (Å²) in [5.74, 6) is -0.387. The predicted molar refractivity (Wildman–Crippen MR) is 55.6 cm³/mol.